The number of carbonyl (C=O) groups excluding carboxylic acids is 1. The highest BCUT2D eigenvalue weighted by Crippen LogP contribution is 2.22. The van der Waals surface area contributed by atoms with E-state index in [1.807, 2.05) is 42.0 Å². The van der Waals surface area contributed by atoms with Crippen LogP contribution in [0.15, 0.2) is 60.9 Å². The second-order valence-electron chi connectivity index (χ2n) is 5.41. The van der Waals surface area contributed by atoms with Crippen molar-refractivity contribution >= 4 is 5.91 Å². The molecule has 0 aliphatic rings. The van der Waals surface area contributed by atoms with Gasteiger partial charge in [-0.1, -0.05) is 18.2 Å². The van der Waals surface area contributed by atoms with Crippen LogP contribution in [0.2, 0.25) is 0 Å². The van der Waals surface area contributed by atoms with Gasteiger partial charge < -0.3 is 9.88 Å². The van der Waals surface area contributed by atoms with Gasteiger partial charge in [0.15, 0.2) is 0 Å². The molecule has 0 saturated heterocycles. The zero-order valence-electron chi connectivity index (χ0n) is 13.4. The lowest BCUT2D eigenvalue weighted by molar-refractivity contribution is 0.0941. The summed E-state index contributed by atoms with van der Waals surface area (Å²) in [4.78, 5) is 16.7. The fourth-order valence-electron chi connectivity index (χ4n) is 2.53. The van der Waals surface area contributed by atoms with Gasteiger partial charge in [-0.05, 0) is 42.8 Å². The van der Waals surface area contributed by atoms with E-state index in [0.29, 0.717) is 18.8 Å². The van der Waals surface area contributed by atoms with E-state index in [1.54, 1.807) is 18.3 Å². The first kappa shape index (κ1) is 15.9. The first-order valence-electron chi connectivity index (χ1n) is 7.81. The van der Waals surface area contributed by atoms with Crippen LogP contribution in [0.1, 0.15) is 23.1 Å². The van der Waals surface area contributed by atoms with Crippen molar-refractivity contribution in [3.8, 4) is 11.1 Å². The fraction of sp³-hybridized carbons (Fsp3) is 0.158. The fourth-order valence-corrected chi connectivity index (χ4v) is 2.53. The van der Waals surface area contributed by atoms with Gasteiger partial charge in [-0.15, -0.1) is 0 Å². The quantitative estimate of drug-likeness (QED) is 0.779. The van der Waals surface area contributed by atoms with Gasteiger partial charge in [0.2, 0.25) is 0 Å². The molecule has 0 unspecified atom stereocenters. The smallest absolute Gasteiger partial charge is 0.268 e. The third-order valence-electron chi connectivity index (χ3n) is 3.80. The van der Waals surface area contributed by atoms with Gasteiger partial charge in [0, 0.05) is 24.5 Å². The normalized spacial score (nSPS) is 10.6. The molecule has 0 aliphatic carbocycles. The predicted molar refractivity (Wildman–Crippen MR) is 90.9 cm³/mol. The maximum absolute atomic E-state index is 13.1. The van der Waals surface area contributed by atoms with Gasteiger partial charge in [0.25, 0.3) is 5.91 Å². The lowest BCUT2D eigenvalue weighted by atomic mass is 10.1. The van der Waals surface area contributed by atoms with Crippen LogP contribution in [0.4, 0.5) is 4.39 Å². The van der Waals surface area contributed by atoms with Crippen LogP contribution in [-0.4, -0.2) is 15.5 Å². The summed E-state index contributed by atoms with van der Waals surface area (Å²) in [6.07, 6.45) is 3.60. The molecule has 3 aromatic rings. The molecule has 0 radical (unpaired) electrons. The molecular weight excluding hydrogens is 305 g/mol. The van der Waals surface area contributed by atoms with E-state index in [4.69, 9.17) is 0 Å². The summed E-state index contributed by atoms with van der Waals surface area (Å²) in [6.45, 7) is 3.03. The lowest BCUT2D eigenvalue weighted by Gasteiger charge is -2.07. The molecular formula is C19H18FN3O. The SMILES string of the molecule is CCn1cc(-c2ccc(F)cc2)cc1C(=O)NCc1ccccn1. The standard InChI is InChI=1S/C19H18FN3O/c1-2-23-13-15(14-6-8-16(20)9-7-14)11-18(23)19(24)22-12-17-5-3-4-10-21-17/h3-11,13H,2,12H2,1H3,(H,22,24). The van der Waals surface area contributed by atoms with Crippen LogP contribution < -0.4 is 5.32 Å². The van der Waals surface area contributed by atoms with Gasteiger partial charge >= 0.3 is 0 Å². The van der Waals surface area contributed by atoms with Crippen molar-refractivity contribution in [3.63, 3.8) is 0 Å². The number of hydrogen-bond acceptors (Lipinski definition) is 2. The third-order valence-corrected chi connectivity index (χ3v) is 3.80. The zero-order chi connectivity index (χ0) is 16.9. The Morgan fingerprint density at radius 2 is 1.96 bits per heavy atom. The Balaban J connectivity index is 1.79. The van der Waals surface area contributed by atoms with Crippen molar-refractivity contribution in [1.29, 1.82) is 0 Å². The molecule has 0 aliphatic heterocycles. The minimum Gasteiger partial charge on any atom is -0.345 e. The summed E-state index contributed by atoms with van der Waals surface area (Å²) in [7, 11) is 0. The molecule has 2 aromatic heterocycles. The molecule has 2 heterocycles. The second kappa shape index (κ2) is 7.08. The van der Waals surface area contributed by atoms with E-state index >= 15 is 0 Å². The number of halogens is 1. The highest BCUT2D eigenvalue weighted by molar-refractivity contribution is 5.94. The molecule has 0 fully saturated rings. The second-order valence-corrected chi connectivity index (χ2v) is 5.41. The van der Waals surface area contributed by atoms with Crippen molar-refractivity contribution in [1.82, 2.24) is 14.9 Å². The summed E-state index contributed by atoms with van der Waals surface area (Å²) in [5, 5.41) is 2.88. The molecule has 3 rings (SSSR count). The Hall–Kier alpha value is -2.95. The largest absolute Gasteiger partial charge is 0.345 e. The molecule has 1 aromatic carbocycles. The predicted octanol–water partition coefficient (Wildman–Crippen LogP) is 3.64. The van der Waals surface area contributed by atoms with Crippen LogP contribution in [0, 0.1) is 5.82 Å². The summed E-state index contributed by atoms with van der Waals surface area (Å²) < 4.78 is 14.9. The minimum absolute atomic E-state index is 0.157. The van der Waals surface area contributed by atoms with Crippen LogP contribution >= 0.6 is 0 Å². The molecule has 1 N–H and O–H groups in total. The summed E-state index contributed by atoms with van der Waals surface area (Å²) in [5.41, 5.74) is 3.15. The number of aromatic nitrogens is 2. The molecule has 24 heavy (non-hydrogen) atoms. The van der Waals surface area contributed by atoms with E-state index in [0.717, 1.165) is 16.8 Å². The van der Waals surface area contributed by atoms with Crippen molar-refractivity contribution in [3.05, 3.63) is 78.1 Å². The number of carbonyl (C=O) groups is 1. The van der Waals surface area contributed by atoms with Crippen molar-refractivity contribution in [2.45, 2.75) is 20.0 Å². The van der Waals surface area contributed by atoms with Crippen LogP contribution in [0.25, 0.3) is 11.1 Å². The highest BCUT2D eigenvalue weighted by Gasteiger charge is 2.14. The number of nitrogens with one attached hydrogen (secondary N) is 1. The maximum atomic E-state index is 13.1. The topological polar surface area (TPSA) is 46.9 Å². The van der Waals surface area contributed by atoms with Crippen LogP contribution in [0.5, 0.6) is 0 Å². The lowest BCUT2D eigenvalue weighted by Crippen LogP contribution is -2.25. The van der Waals surface area contributed by atoms with Crippen molar-refractivity contribution in [2.75, 3.05) is 0 Å². The summed E-state index contributed by atoms with van der Waals surface area (Å²) >= 11 is 0. The average molecular weight is 323 g/mol. The van der Waals surface area contributed by atoms with Crippen molar-refractivity contribution < 1.29 is 9.18 Å². The molecule has 0 atom stereocenters. The number of aryl methyl sites for hydroxylation is 1. The molecule has 5 heteroatoms. The molecule has 0 spiro atoms. The summed E-state index contributed by atoms with van der Waals surface area (Å²) in [6, 6.07) is 13.7. The van der Waals surface area contributed by atoms with Gasteiger partial charge in [0.05, 0.1) is 12.2 Å². The molecule has 0 saturated carbocycles. The molecule has 122 valence electrons. The number of pyridine rings is 1. The van der Waals surface area contributed by atoms with Crippen molar-refractivity contribution in [2.24, 2.45) is 0 Å². The number of nitrogens with zero attached hydrogens (tertiary/aromatic N) is 2. The Labute approximate surface area is 140 Å². The van der Waals surface area contributed by atoms with Gasteiger partial charge in [-0.2, -0.15) is 0 Å². The number of rotatable bonds is 5. The Morgan fingerprint density at radius 1 is 1.17 bits per heavy atom. The Morgan fingerprint density at radius 3 is 2.62 bits per heavy atom. The number of benzene rings is 1. The zero-order valence-corrected chi connectivity index (χ0v) is 13.4. The van der Waals surface area contributed by atoms with E-state index in [2.05, 4.69) is 10.3 Å². The van der Waals surface area contributed by atoms with Gasteiger partial charge in [-0.3, -0.25) is 9.78 Å². The summed E-state index contributed by atoms with van der Waals surface area (Å²) in [5.74, 6) is -0.433. The minimum atomic E-state index is -0.276. The first-order valence-corrected chi connectivity index (χ1v) is 7.81. The highest BCUT2D eigenvalue weighted by atomic mass is 19.1. The Bertz CT molecular complexity index is 826. The van der Waals surface area contributed by atoms with E-state index in [-0.39, 0.29) is 11.7 Å². The van der Waals surface area contributed by atoms with E-state index < -0.39 is 0 Å². The first-order chi connectivity index (χ1) is 11.7. The van der Waals surface area contributed by atoms with Crippen LogP contribution in [-0.2, 0) is 13.1 Å². The monoisotopic (exact) mass is 323 g/mol. The third kappa shape index (κ3) is 3.51. The van der Waals surface area contributed by atoms with E-state index in [1.165, 1.54) is 12.1 Å². The van der Waals surface area contributed by atoms with Crippen LogP contribution in [0.3, 0.4) is 0 Å². The average Bonchev–Trinajstić information content (AvgIpc) is 3.05. The van der Waals surface area contributed by atoms with E-state index in [9.17, 15) is 9.18 Å². The molecule has 0 bridgehead atoms. The number of hydrogen-bond donors (Lipinski definition) is 1. The molecule has 1 amide bonds. The Kier molecular flexibility index (Phi) is 4.70. The number of amides is 1. The maximum Gasteiger partial charge on any atom is 0.268 e. The van der Waals surface area contributed by atoms with Gasteiger partial charge in [0.1, 0.15) is 11.5 Å². The molecule has 4 nitrogen and oxygen atoms in total. The van der Waals surface area contributed by atoms with Gasteiger partial charge in [-0.25, -0.2) is 4.39 Å².